The highest BCUT2D eigenvalue weighted by Gasteiger charge is 2.47. The second kappa shape index (κ2) is 7.14. The maximum absolute atomic E-state index is 12.0. The van der Waals surface area contributed by atoms with Crippen LogP contribution >= 0.6 is 7.60 Å². The molecule has 11 heteroatoms. The van der Waals surface area contributed by atoms with E-state index in [1.54, 1.807) is 0 Å². The highest BCUT2D eigenvalue weighted by atomic mass is 31.2. The van der Waals surface area contributed by atoms with Crippen LogP contribution in [0.25, 0.3) is 0 Å². The molecule has 2 unspecified atom stereocenters. The number of rotatable bonds is 5. The van der Waals surface area contributed by atoms with Crippen LogP contribution in [0.15, 0.2) is 33.2 Å². The average molecular weight is 362 g/mol. The van der Waals surface area contributed by atoms with Crippen molar-refractivity contribution < 1.29 is 28.6 Å². The Balaban J connectivity index is 2.44. The molecule has 24 heavy (non-hydrogen) atoms. The fourth-order valence-electron chi connectivity index (χ4n) is 2.70. The van der Waals surface area contributed by atoms with Crippen molar-refractivity contribution in [1.29, 1.82) is 0 Å². The summed E-state index contributed by atoms with van der Waals surface area (Å²) in [6, 6.07) is 1.16. The summed E-state index contributed by atoms with van der Waals surface area (Å²) in [5, 5.41) is 0. The van der Waals surface area contributed by atoms with E-state index >= 15 is 0 Å². The molecule has 4 atom stereocenters. The van der Waals surface area contributed by atoms with Gasteiger partial charge in [0.15, 0.2) is 6.23 Å². The molecule has 1 aliphatic heterocycles. The Bertz CT molecular complexity index is 779. The predicted molar refractivity (Wildman–Crippen MR) is 82.6 cm³/mol. The van der Waals surface area contributed by atoms with Crippen LogP contribution in [-0.4, -0.2) is 51.9 Å². The molecule has 1 fully saturated rings. The minimum Gasteiger partial charge on any atom is -0.375 e. The van der Waals surface area contributed by atoms with E-state index in [0.717, 1.165) is 16.5 Å². The van der Waals surface area contributed by atoms with Gasteiger partial charge >= 0.3 is 13.3 Å². The zero-order valence-corrected chi connectivity index (χ0v) is 14.2. The first kappa shape index (κ1) is 18.8. The summed E-state index contributed by atoms with van der Waals surface area (Å²) >= 11 is 0. The van der Waals surface area contributed by atoms with E-state index in [1.165, 1.54) is 27.3 Å². The van der Waals surface area contributed by atoms with Crippen molar-refractivity contribution in [3.63, 3.8) is 0 Å². The van der Waals surface area contributed by atoms with Crippen LogP contribution in [0.4, 0.5) is 0 Å². The smallest absolute Gasteiger partial charge is 0.349 e. The second-order valence-corrected chi connectivity index (χ2v) is 6.76. The molecular weight excluding hydrogens is 343 g/mol. The van der Waals surface area contributed by atoms with Gasteiger partial charge in [-0.25, -0.2) is 4.79 Å². The fraction of sp³-hybridized carbons (Fsp3) is 0.538. The standard InChI is InChI=1S/C13H19N2O8P/c1-7(6-24(18,19)20)9-10(21-2)11(22-3)12(23-9)15-5-4-8(16)14-13(15)17/h4-6,9-12H,1-3H3,(H,14,16,17)(H2,18,19,20)/b7-6+/t9-,10?,11?,12-/m1/s1. The lowest BCUT2D eigenvalue weighted by Crippen LogP contribution is -2.39. The molecule has 1 aliphatic rings. The maximum Gasteiger partial charge on any atom is 0.349 e. The van der Waals surface area contributed by atoms with Gasteiger partial charge in [-0.05, 0) is 12.5 Å². The minimum atomic E-state index is -4.40. The lowest BCUT2D eigenvalue weighted by atomic mass is 10.0. The predicted octanol–water partition coefficient (Wildman–Crippen LogP) is -0.454. The molecule has 2 rings (SSSR count). The van der Waals surface area contributed by atoms with E-state index in [1.807, 2.05) is 0 Å². The number of aromatic amines is 1. The number of ether oxygens (including phenoxy) is 3. The molecule has 2 heterocycles. The monoisotopic (exact) mass is 362 g/mol. The average Bonchev–Trinajstić information content (AvgIpc) is 2.83. The lowest BCUT2D eigenvalue weighted by molar-refractivity contribution is -0.0539. The van der Waals surface area contributed by atoms with Crippen molar-refractivity contribution >= 4 is 7.60 Å². The van der Waals surface area contributed by atoms with Crippen LogP contribution in [0, 0.1) is 0 Å². The van der Waals surface area contributed by atoms with Gasteiger partial charge in [-0.2, -0.15) is 0 Å². The van der Waals surface area contributed by atoms with E-state index < -0.39 is 43.4 Å². The number of nitrogens with zero attached hydrogens (tertiary/aromatic N) is 1. The first-order chi connectivity index (χ1) is 11.2. The molecule has 10 nitrogen and oxygen atoms in total. The molecule has 0 radical (unpaired) electrons. The zero-order chi connectivity index (χ0) is 18.1. The van der Waals surface area contributed by atoms with Gasteiger partial charge in [0.05, 0.1) is 0 Å². The van der Waals surface area contributed by atoms with Crippen molar-refractivity contribution in [3.05, 3.63) is 44.5 Å². The number of aromatic nitrogens is 2. The quantitative estimate of drug-likeness (QED) is 0.598. The molecule has 0 saturated carbocycles. The fourth-order valence-corrected chi connectivity index (χ4v) is 3.38. The van der Waals surface area contributed by atoms with Crippen LogP contribution in [-0.2, 0) is 18.8 Å². The Hall–Kier alpha value is -1.55. The van der Waals surface area contributed by atoms with Crippen LogP contribution < -0.4 is 11.2 Å². The van der Waals surface area contributed by atoms with Crippen molar-refractivity contribution in [2.75, 3.05) is 14.2 Å². The van der Waals surface area contributed by atoms with Crippen LogP contribution in [0.2, 0.25) is 0 Å². The number of methoxy groups -OCH3 is 2. The lowest BCUT2D eigenvalue weighted by Gasteiger charge is -2.22. The van der Waals surface area contributed by atoms with E-state index in [-0.39, 0.29) is 5.57 Å². The van der Waals surface area contributed by atoms with Gasteiger partial charge < -0.3 is 24.0 Å². The van der Waals surface area contributed by atoms with Crippen molar-refractivity contribution in [2.24, 2.45) is 0 Å². The number of nitrogens with one attached hydrogen (secondary N) is 1. The number of hydrogen-bond donors (Lipinski definition) is 3. The normalized spacial score (nSPS) is 28.3. The van der Waals surface area contributed by atoms with E-state index in [2.05, 4.69) is 4.98 Å². The molecular formula is C13H19N2O8P. The third kappa shape index (κ3) is 3.92. The summed E-state index contributed by atoms with van der Waals surface area (Å²) in [5.74, 6) is 0.786. The van der Waals surface area contributed by atoms with E-state index in [4.69, 9.17) is 24.0 Å². The van der Waals surface area contributed by atoms with Crippen molar-refractivity contribution in [2.45, 2.75) is 31.5 Å². The molecule has 0 aromatic carbocycles. The minimum absolute atomic E-state index is 0.247. The van der Waals surface area contributed by atoms with E-state index in [9.17, 15) is 14.2 Å². The Morgan fingerprint density at radius 2 is 1.96 bits per heavy atom. The van der Waals surface area contributed by atoms with Gasteiger partial charge in [0.2, 0.25) is 0 Å². The topological polar surface area (TPSA) is 140 Å². The van der Waals surface area contributed by atoms with Crippen molar-refractivity contribution in [1.82, 2.24) is 9.55 Å². The Morgan fingerprint density at radius 3 is 2.46 bits per heavy atom. The van der Waals surface area contributed by atoms with Gasteiger partial charge in [-0.1, -0.05) is 0 Å². The van der Waals surface area contributed by atoms with Crippen LogP contribution in [0.5, 0.6) is 0 Å². The van der Waals surface area contributed by atoms with Crippen LogP contribution in [0.1, 0.15) is 13.2 Å². The second-order valence-electron chi connectivity index (χ2n) is 5.33. The summed E-state index contributed by atoms with van der Waals surface area (Å²) in [6.07, 6.45) is -1.95. The zero-order valence-electron chi connectivity index (χ0n) is 13.3. The highest BCUT2D eigenvalue weighted by Crippen LogP contribution is 2.42. The summed E-state index contributed by atoms with van der Waals surface area (Å²) in [4.78, 5) is 43.5. The molecule has 134 valence electrons. The summed E-state index contributed by atoms with van der Waals surface area (Å²) < 4.78 is 28.8. The highest BCUT2D eigenvalue weighted by molar-refractivity contribution is 7.55. The van der Waals surface area contributed by atoms with E-state index in [0.29, 0.717) is 0 Å². The Morgan fingerprint density at radius 1 is 1.33 bits per heavy atom. The van der Waals surface area contributed by atoms with Crippen LogP contribution in [0.3, 0.4) is 0 Å². The van der Waals surface area contributed by atoms with Gasteiger partial charge in [0.1, 0.15) is 18.3 Å². The molecule has 0 amide bonds. The largest absolute Gasteiger partial charge is 0.375 e. The molecule has 1 saturated heterocycles. The molecule has 0 aliphatic carbocycles. The molecule has 1 aromatic rings. The maximum atomic E-state index is 12.0. The summed E-state index contributed by atoms with van der Waals surface area (Å²) in [6.45, 7) is 1.49. The van der Waals surface area contributed by atoms with Gasteiger partial charge in [0, 0.05) is 32.3 Å². The number of H-pyrrole nitrogens is 1. The third-order valence-corrected chi connectivity index (χ3v) is 4.42. The Labute approximate surface area is 136 Å². The van der Waals surface area contributed by atoms with Gasteiger partial charge in [0.25, 0.3) is 5.56 Å². The van der Waals surface area contributed by atoms with Gasteiger partial charge in [-0.15, -0.1) is 0 Å². The SMILES string of the molecule is COC1C(OC)[C@H](n2ccc(=O)[nH]c2=O)O[C@@H]1/C(C)=C/P(=O)(O)O. The molecule has 1 aromatic heterocycles. The number of hydrogen-bond acceptors (Lipinski definition) is 6. The van der Waals surface area contributed by atoms with Gasteiger partial charge in [-0.3, -0.25) is 18.9 Å². The first-order valence-corrected chi connectivity index (χ1v) is 8.63. The molecule has 0 spiro atoms. The Kier molecular flexibility index (Phi) is 5.59. The van der Waals surface area contributed by atoms with Crippen molar-refractivity contribution in [3.8, 4) is 0 Å². The third-order valence-electron chi connectivity index (χ3n) is 3.68. The molecule has 0 bridgehead atoms. The first-order valence-electron chi connectivity index (χ1n) is 6.95. The molecule has 3 N–H and O–H groups in total. The summed E-state index contributed by atoms with van der Waals surface area (Å²) in [7, 11) is -1.61. The summed E-state index contributed by atoms with van der Waals surface area (Å²) in [5.41, 5.74) is -1.00.